The summed E-state index contributed by atoms with van der Waals surface area (Å²) in [5.74, 6) is -1.16. The van der Waals surface area contributed by atoms with Crippen molar-refractivity contribution in [3.05, 3.63) is 35.7 Å². The molecule has 98 valence electrons. The Morgan fingerprint density at radius 1 is 1.37 bits per heavy atom. The molecule has 0 aliphatic carbocycles. The van der Waals surface area contributed by atoms with Gasteiger partial charge in [0.1, 0.15) is 0 Å². The van der Waals surface area contributed by atoms with Crippen LogP contribution in [0.25, 0.3) is 0 Å². The van der Waals surface area contributed by atoms with Crippen LogP contribution in [0.15, 0.2) is 24.3 Å². The Morgan fingerprint density at radius 3 is 2.68 bits per heavy atom. The molecule has 0 amide bonds. The van der Waals surface area contributed by atoms with E-state index in [9.17, 15) is 13.2 Å². The fourth-order valence-corrected chi connectivity index (χ4v) is 2.03. The summed E-state index contributed by atoms with van der Waals surface area (Å²) < 4.78 is 40.5. The van der Waals surface area contributed by atoms with Crippen molar-refractivity contribution in [1.82, 2.24) is 9.36 Å². The quantitative estimate of drug-likeness (QED) is 0.849. The first-order chi connectivity index (χ1) is 8.91. The Morgan fingerprint density at radius 2 is 2.11 bits per heavy atom. The van der Waals surface area contributed by atoms with Gasteiger partial charge in [0.05, 0.1) is 11.6 Å². The molecule has 1 heterocycles. The van der Waals surface area contributed by atoms with Crippen LogP contribution < -0.4 is 4.90 Å². The highest BCUT2D eigenvalue weighted by atomic mass is 32.1. The lowest BCUT2D eigenvalue weighted by Crippen LogP contribution is -2.11. The van der Waals surface area contributed by atoms with Crippen molar-refractivity contribution in [2.24, 2.45) is 0 Å². The maximum absolute atomic E-state index is 12.4. The molecule has 0 aliphatic rings. The number of anilines is 2. The van der Waals surface area contributed by atoms with E-state index < -0.39 is 12.0 Å². The maximum atomic E-state index is 12.4. The first kappa shape index (κ1) is 13.3. The van der Waals surface area contributed by atoms with Crippen LogP contribution in [0.3, 0.4) is 0 Å². The Bertz CT molecular complexity index is 629. The molecule has 1 aromatic heterocycles. The summed E-state index contributed by atoms with van der Waals surface area (Å²) in [6, 6.07) is 8.46. The van der Waals surface area contributed by atoms with Crippen LogP contribution in [-0.2, 0) is 6.18 Å². The van der Waals surface area contributed by atoms with Crippen LogP contribution in [-0.4, -0.2) is 16.4 Å². The van der Waals surface area contributed by atoms with Gasteiger partial charge >= 0.3 is 6.18 Å². The molecule has 0 saturated heterocycles. The van der Waals surface area contributed by atoms with Crippen molar-refractivity contribution in [2.75, 3.05) is 11.9 Å². The molecule has 0 aliphatic heterocycles. The van der Waals surface area contributed by atoms with E-state index in [0.717, 1.165) is 0 Å². The molecule has 0 unspecified atom stereocenters. The number of hydrogen-bond acceptors (Lipinski definition) is 5. The maximum Gasteiger partial charge on any atom is 0.452 e. The Kier molecular flexibility index (Phi) is 3.40. The van der Waals surface area contributed by atoms with E-state index in [1.54, 1.807) is 31.3 Å². The molecule has 0 saturated carbocycles. The fraction of sp³-hybridized carbons (Fsp3) is 0.182. The molecule has 2 rings (SSSR count). The highest BCUT2D eigenvalue weighted by molar-refractivity contribution is 7.09. The molecule has 8 heteroatoms. The monoisotopic (exact) mass is 284 g/mol. The second kappa shape index (κ2) is 4.85. The molecule has 0 N–H and O–H groups in total. The SMILES string of the molecule is CN(c1cccc(C#N)c1)c1nc(C(F)(F)F)ns1. The van der Waals surface area contributed by atoms with Crippen LogP contribution in [0.4, 0.5) is 24.0 Å². The predicted molar refractivity (Wildman–Crippen MR) is 64.1 cm³/mol. The average molecular weight is 284 g/mol. The summed E-state index contributed by atoms with van der Waals surface area (Å²) in [5.41, 5.74) is 0.994. The van der Waals surface area contributed by atoms with Crippen LogP contribution in [0, 0.1) is 11.3 Å². The van der Waals surface area contributed by atoms with Crippen LogP contribution in [0.2, 0.25) is 0 Å². The minimum absolute atomic E-state index is 0.113. The third kappa shape index (κ3) is 2.82. The van der Waals surface area contributed by atoms with Gasteiger partial charge in [-0.1, -0.05) is 6.07 Å². The zero-order valence-corrected chi connectivity index (χ0v) is 10.5. The van der Waals surface area contributed by atoms with Crippen molar-refractivity contribution in [1.29, 1.82) is 5.26 Å². The van der Waals surface area contributed by atoms with Crippen molar-refractivity contribution in [3.63, 3.8) is 0 Å². The number of nitrogens with zero attached hydrogens (tertiary/aromatic N) is 4. The minimum atomic E-state index is -4.55. The second-order valence-corrected chi connectivity index (χ2v) is 4.35. The van der Waals surface area contributed by atoms with Gasteiger partial charge in [0, 0.05) is 24.3 Å². The van der Waals surface area contributed by atoms with Gasteiger partial charge in [0.2, 0.25) is 11.0 Å². The van der Waals surface area contributed by atoms with Crippen LogP contribution in [0.1, 0.15) is 11.4 Å². The lowest BCUT2D eigenvalue weighted by Gasteiger charge is -2.15. The van der Waals surface area contributed by atoms with Gasteiger partial charge in [-0.05, 0) is 18.2 Å². The lowest BCUT2D eigenvalue weighted by molar-refractivity contribution is -0.144. The molecule has 0 radical (unpaired) electrons. The molecule has 19 heavy (non-hydrogen) atoms. The predicted octanol–water partition coefficient (Wildman–Crippen LogP) is 3.20. The molecule has 4 nitrogen and oxygen atoms in total. The smallest absolute Gasteiger partial charge is 0.320 e. The van der Waals surface area contributed by atoms with E-state index in [0.29, 0.717) is 22.8 Å². The van der Waals surface area contributed by atoms with Gasteiger partial charge in [0.15, 0.2) is 0 Å². The average Bonchev–Trinajstić information content (AvgIpc) is 2.87. The van der Waals surface area contributed by atoms with Crippen LogP contribution in [0.5, 0.6) is 0 Å². The Labute approximate surface area is 110 Å². The summed E-state index contributed by atoms with van der Waals surface area (Å²) in [7, 11) is 1.57. The third-order valence-corrected chi connectivity index (χ3v) is 3.11. The van der Waals surface area contributed by atoms with E-state index in [1.165, 1.54) is 4.90 Å². The van der Waals surface area contributed by atoms with Crippen molar-refractivity contribution < 1.29 is 13.2 Å². The zero-order chi connectivity index (χ0) is 14.0. The number of hydrogen-bond donors (Lipinski definition) is 0. The second-order valence-electron chi connectivity index (χ2n) is 3.62. The van der Waals surface area contributed by atoms with E-state index in [2.05, 4.69) is 9.36 Å². The third-order valence-electron chi connectivity index (χ3n) is 2.32. The summed E-state index contributed by atoms with van der Waals surface area (Å²) in [6.07, 6.45) is -4.55. The van der Waals surface area contributed by atoms with E-state index >= 15 is 0 Å². The molecule has 1 aromatic carbocycles. The lowest BCUT2D eigenvalue weighted by atomic mass is 10.2. The summed E-state index contributed by atoms with van der Waals surface area (Å²) in [5, 5.41) is 8.90. The molecule has 0 spiro atoms. The van der Waals surface area contributed by atoms with Gasteiger partial charge in [-0.2, -0.15) is 27.8 Å². The van der Waals surface area contributed by atoms with Gasteiger partial charge in [-0.25, -0.2) is 0 Å². The highest BCUT2D eigenvalue weighted by Crippen LogP contribution is 2.32. The fourth-order valence-electron chi connectivity index (χ4n) is 1.36. The topological polar surface area (TPSA) is 52.8 Å². The first-order valence-corrected chi connectivity index (χ1v) is 5.84. The summed E-state index contributed by atoms with van der Waals surface area (Å²) in [4.78, 5) is 4.89. The number of benzene rings is 1. The molecular weight excluding hydrogens is 277 g/mol. The number of nitriles is 1. The van der Waals surface area contributed by atoms with Crippen molar-refractivity contribution in [3.8, 4) is 6.07 Å². The van der Waals surface area contributed by atoms with E-state index in [-0.39, 0.29) is 5.13 Å². The molecule has 0 atom stereocenters. The van der Waals surface area contributed by atoms with Crippen molar-refractivity contribution >= 4 is 22.4 Å². The number of aromatic nitrogens is 2. The molecule has 2 aromatic rings. The largest absolute Gasteiger partial charge is 0.452 e. The first-order valence-electron chi connectivity index (χ1n) is 5.06. The normalized spacial score (nSPS) is 11.1. The standard InChI is InChI=1S/C11H7F3N4S/c1-18(8-4-2-3-7(5-8)6-15)10-16-9(17-19-10)11(12,13)14/h2-5H,1H3. The number of alkyl halides is 3. The highest BCUT2D eigenvalue weighted by Gasteiger charge is 2.36. The number of rotatable bonds is 2. The van der Waals surface area contributed by atoms with Gasteiger partial charge in [-0.15, -0.1) is 0 Å². The Hall–Kier alpha value is -2.14. The molecule has 0 bridgehead atoms. The molecule has 0 fully saturated rings. The van der Waals surface area contributed by atoms with Crippen molar-refractivity contribution in [2.45, 2.75) is 6.18 Å². The summed E-state index contributed by atoms with van der Waals surface area (Å²) >= 11 is 0.655. The Balaban J connectivity index is 2.31. The van der Waals surface area contributed by atoms with E-state index in [4.69, 9.17) is 5.26 Å². The van der Waals surface area contributed by atoms with Gasteiger partial charge < -0.3 is 4.90 Å². The van der Waals surface area contributed by atoms with E-state index in [1.807, 2.05) is 6.07 Å². The van der Waals surface area contributed by atoms with Gasteiger partial charge in [-0.3, -0.25) is 0 Å². The zero-order valence-electron chi connectivity index (χ0n) is 9.64. The molecular formula is C11H7F3N4S. The number of halogens is 3. The van der Waals surface area contributed by atoms with Gasteiger partial charge in [0.25, 0.3) is 0 Å². The summed E-state index contributed by atoms with van der Waals surface area (Å²) in [6.45, 7) is 0. The van der Waals surface area contributed by atoms with Crippen LogP contribution >= 0.6 is 11.5 Å². The minimum Gasteiger partial charge on any atom is -0.320 e.